The number of phenolic OH excluding ortho intramolecular Hbond substituents is 1. The summed E-state index contributed by atoms with van der Waals surface area (Å²) in [5.41, 5.74) is 0.473. The molecule has 0 bridgehead atoms. The number of aromatic hydroxyl groups is 1. The summed E-state index contributed by atoms with van der Waals surface area (Å²) in [5, 5.41) is 9.80. The Kier molecular flexibility index (Phi) is 5.12. The maximum absolute atomic E-state index is 12.6. The third-order valence-electron chi connectivity index (χ3n) is 3.74. The molecule has 1 saturated heterocycles. The highest BCUT2D eigenvalue weighted by Gasteiger charge is 2.26. The number of nitrogens with zero attached hydrogens (tertiary/aromatic N) is 1. The molecule has 0 aromatic heterocycles. The molecule has 1 amide bonds. The van der Waals surface area contributed by atoms with Crippen molar-refractivity contribution in [2.75, 3.05) is 19.5 Å². The number of hydrogen-bond donors (Lipinski definition) is 1. The summed E-state index contributed by atoms with van der Waals surface area (Å²) in [5.74, 6) is 0.728. The fourth-order valence-electron chi connectivity index (χ4n) is 2.59. The van der Waals surface area contributed by atoms with Crippen molar-refractivity contribution in [3.63, 3.8) is 0 Å². The highest BCUT2D eigenvalue weighted by atomic mass is 35.5. The zero-order chi connectivity index (χ0) is 14.5. The van der Waals surface area contributed by atoms with Gasteiger partial charge in [-0.3, -0.25) is 4.79 Å². The third-order valence-corrected chi connectivity index (χ3v) is 4.10. The van der Waals surface area contributed by atoms with Gasteiger partial charge < -0.3 is 14.7 Å². The lowest BCUT2D eigenvalue weighted by Gasteiger charge is -2.28. The van der Waals surface area contributed by atoms with Gasteiger partial charge in [-0.25, -0.2) is 0 Å². The summed E-state index contributed by atoms with van der Waals surface area (Å²) in [6.07, 6.45) is 4.18. The van der Waals surface area contributed by atoms with Crippen LogP contribution < -0.4 is 4.74 Å². The number of methoxy groups -OCH3 is 1. The zero-order valence-corrected chi connectivity index (χ0v) is 12.4. The summed E-state index contributed by atoms with van der Waals surface area (Å²) < 4.78 is 4.99. The maximum Gasteiger partial charge on any atom is 0.254 e. The van der Waals surface area contributed by atoms with Crippen molar-refractivity contribution in [2.45, 2.75) is 31.7 Å². The molecule has 20 heavy (non-hydrogen) atoms. The molecule has 1 atom stereocenters. The van der Waals surface area contributed by atoms with Gasteiger partial charge in [0.2, 0.25) is 0 Å². The van der Waals surface area contributed by atoms with Crippen LogP contribution in [0.5, 0.6) is 11.5 Å². The Labute approximate surface area is 124 Å². The largest absolute Gasteiger partial charge is 0.504 e. The molecule has 1 N–H and O–H groups in total. The minimum Gasteiger partial charge on any atom is -0.504 e. The van der Waals surface area contributed by atoms with Crippen molar-refractivity contribution >= 4 is 17.5 Å². The van der Waals surface area contributed by atoms with Gasteiger partial charge in [-0.15, -0.1) is 11.6 Å². The van der Waals surface area contributed by atoms with E-state index in [9.17, 15) is 9.90 Å². The molecule has 1 aromatic carbocycles. The molecular formula is C15H20ClNO3. The van der Waals surface area contributed by atoms with Crippen LogP contribution in [0.4, 0.5) is 0 Å². The first-order valence-corrected chi connectivity index (χ1v) is 7.44. The number of likely N-dealkylation sites (tertiary alicyclic amines) is 1. The Bertz CT molecular complexity index is 478. The number of benzene rings is 1. The fourth-order valence-corrected chi connectivity index (χ4v) is 2.91. The van der Waals surface area contributed by atoms with Crippen LogP contribution >= 0.6 is 11.6 Å². The first-order chi connectivity index (χ1) is 9.67. The quantitative estimate of drug-likeness (QED) is 0.873. The second-order valence-electron chi connectivity index (χ2n) is 5.04. The fraction of sp³-hybridized carbons (Fsp3) is 0.533. The van der Waals surface area contributed by atoms with Crippen LogP contribution in [-0.2, 0) is 0 Å². The van der Waals surface area contributed by atoms with Gasteiger partial charge in [0.05, 0.1) is 7.11 Å². The normalized spacial score (nSPS) is 19.5. The van der Waals surface area contributed by atoms with Gasteiger partial charge in [0.1, 0.15) is 0 Å². The number of carbonyl (C=O) groups excluding carboxylic acids is 1. The number of phenols is 1. The Hall–Kier alpha value is -1.42. The van der Waals surface area contributed by atoms with E-state index in [0.717, 1.165) is 32.2 Å². The lowest BCUT2D eigenvalue weighted by molar-refractivity contribution is 0.0700. The molecule has 0 radical (unpaired) electrons. The van der Waals surface area contributed by atoms with Crippen molar-refractivity contribution < 1.29 is 14.6 Å². The van der Waals surface area contributed by atoms with Gasteiger partial charge in [-0.2, -0.15) is 0 Å². The Morgan fingerprint density at radius 3 is 2.90 bits per heavy atom. The van der Waals surface area contributed by atoms with Crippen molar-refractivity contribution in [3.05, 3.63) is 23.8 Å². The van der Waals surface area contributed by atoms with Crippen LogP contribution in [0.25, 0.3) is 0 Å². The van der Waals surface area contributed by atoms with Gasteiger partial charge in [-0.1, -0.05) is 12.8 Å². The highest BCUT2D eigenvalue weighted by Crippen LogP contribution is 2.28. The molecular weight excluding hydrogens is 278 g/mol. The van der Waals surface area contributed by atoms with E-state index in [1.807, 2.05) is 4.90 Å². The summed E-state index contributed by atoms with van der Waals surface area (Å²) in [7, 11) is 1.48. The first kappa shape index (κ1) is 15.0. The zero-order valence-electron chi connectivity index (χ0n) is 11.6. The smallest absolute Gasteiger partial charge is 0.254 e. The minimum atomic E-state index is -0.0736. The number of alkyl halides is 1. The molecule has 1 aromatic rings. The summed E-state index contributed by atoms with van der Waals surface area (Å²) in [4.78, 5) is 14.4. The Morgan fingerprint density at radius 2 is 2.25 bits per heavy atom. The van der Waals surface area contributed by atoms with E-state index < -0.39 is 0 Å². The number of rotatable bonds is 3. The molecule has 2 rings (SSSR count). The molecule has 1 aliphatic heterocycles. The van der Waals surface area contributed by atoms with Crippen LogP contribution in [0, 0.1) is 0 Å². The lowest BCUT2D eigenvalue weighted by Crippen LogP contribution is -2.41. The summed E-state index contributed by atoms with van der Waals surface area (Å²) in [6, 6.07) is 4.82. The number of carbonyl (C=O) groups is 1. The topological polar surface area (TPSA) is 49.8 Å². The number of ether oxygens (including phenoxy) is 1. The van der Waals surface area contributed by atoms with Gasteiger partial charge in [0.25, 0.3) is 5.91 Å². The molecule has 4 nitrogen and oxygen atoms in total. The molecule has 5 heteroatoms. The SMILES string of the molecule is COc1ccc(C(=O)N2CCCCCC2CCl)cc1O. The van der Waals surface area contributed by atoms with Gasteiger partial charge in [0, 0.05) is 24.0 Å². The molecule has 0 aliphatic carbocycles. The summed E-state index contributed by atoms with van der Waals surface area (Å²) >= 11 is 5.99. The van der Waals surface area contributed by atoms with E-state index in [-0.39, 0.29) is 17.7 Å². The van der Waals surface area contributed by atoms with Crippen LogP contribution in [0.1, 0.15) is 36.0 Å². The van der Waals surface area contributed by atoms with Gasteiger partial charge in [0.15, 0.2) is 11.5 Å². The predicted octanol–water partition coefficient (Wildman–Crippen LogP) is 3.02. The van der Waals surface area contributed by atoms with Crippen molar-refractivity contribution in [1.82, 2.24) is 4.90 Å². The first-order valence-electron chi connectivity index (χ1n) is 6.91. The Morgan fingerprint density at radius 1 is 1.45 bits per heavy atom. The molecule has 1 fully saturated rings. The van der Waals surface area contributed by atoms with Crippen molar-refractivity contribution in [1.29, 1.82) is 0 Å². The predicted molar refractivity (Wildman–Crippen MR) is 78.7 cm³/mol. The number of amides is 1. The number of hydrogen-bond acceptors (Lipinski definition) is 3. The van der Waals surface area contributed by atoms with E-state index in [1.54, 1.807) is 12.1 Å². The number of halogens is 1. The van der Waals surface area contributed by atoms with E-state index in [4.69, 9.17) is 16.3 Å². The van der Waals surface area contributed by atoms with Crippen LogP contribution in [0.15, 0.2) is 18.2 Å². The second kappa shape index (κ2) is 6.84. The van der Waals surface area contributed by atoms with Gasteiger partial charge in [-0.05, 0) is 31.0 Å². The van der Waals surface area contributed by atoms with Crippen LogP contribution in [0.3, 0.4) is 0 Å². The molecule has 110 valence electrons. The maximum atomic E-state index is 12.6. The standard InChI is InChI=1S/C15H20ClNO3/c1-20-14-7-6-11(9-13(14)18)15(19)17-8-4-2-3-5-12(17)10-16/h6-7,9,12,18H,2-5,8,10H2,1H3. The average molecular weight is 298 g/mol. The molecule has 1 unspecified atom stereocenters. The average Bonchev–Trinajstić information content (AvgIpc) is 2.71. The van der Waals surface area contributed by atoms with E-state index >= 15 is 0 Å². The van der Waals surface area contributed by atoms with Crippen molar-refractivity contribution in [3.8, 4) is 11.5 Å². The van der Waals surface area contributed by atoms with E-state index in [1.165, 1.54) is 13.2 Å². The van der Waals surface area contributed by atoms with Crippen LogP contribution in [-0.4, -0.2) is 41.5 Å². The minimum absolute atomic E-state index is 0.0180. The van der Waals surface area contributed by atoms with Crippen molar-refractivity contribution in [2.24, 2.45) is 0 Å². The highest BCUT2D eigenvalue weighted by molar-refractivity contribution is 6.18. The molecule has 0 saturated carbocycles. The monoisotopic (exact) mass is 297 g/mol. The van der Waals surface area contributed by atoms with E-state index in [0.29, 0.717) is 17.2 Å². The second-order valence-corrected chi connectivity index (χ2v) is 5.35. The molecule has 1 heterocycles. The van der Waals surface area contributed by atoms with E-state index in [2.05, 4.69) is 0 Å². The van der Waals surface area contributed by atoms with Crippen LogP contribution in [0.2, 0.25) is 0 Å². The lowest BCUT2D eigenvalue weighted by atomic mass is 10.1. The molecule has 0 spiro atoms. The molecule has 1 aliphatic rings. The Balaban J connectivity index is 2.22. The third kappa shape index (κ3) is 3.18. The summed E-state index contributed by atoms with van der Waals surface area (Å²) in [6.45, 7) is 0.725. The van der Waals surface area contributed by atoms with Gasteiger partial charge >= 0.3 is 0 Å².